The first-order valence-corrected chi connectivity index (χ1v) is 12.1. The lowest BCUT2D eigenvalue weighted by atomic mass is 9.83. The summed E-state index contributed by atoms with van der Waals surface area (Å²) >= 11 is 0. The zero-order chi connectivity index (χ0) is 24.4. The van der Waals surface area contributed by atoms with Crippen LogP contribution >= 0.6 is 0 Å². The highest BCUT2D eigenvalue weighted by molar-refractivity contribution is 5.88. The van der Waals surface area contributed by atoms with Crippen molar-refractivity contribution >= 4 is 17.8 Å². The topological polar surface area (TPSA) is 133 Å². The van der Waals surface area contributed by atoms with E-state index in [0.29, 0.717) is 24.5 Å². The number of hydrogen-bond acceptors (Lipinski definition) is 6. The molecule has 186 valence electrons. The lowest BCUT2D eigenvalue weighted by molar-refractivity contribution is -0.131. The van der Waals surface area contributed by atoms with E-state index in [4.69, 9.17) is 4.74 Å². The summed E-state index contributed by atoms with van der Waals surface area (Å²) in [5, 5.41) is 16.3. The second-order valence-corrected chi connectivity index (χ2v) is 10.00. The fourth-order valence-electron chi connectivity index (χ4n) is 4.23. The molecule has 0 aliphatic heterocycles. The summed E-state index contributed by atoms with van der Waals surface area (Å²) in [6, 6.07) is -1.66. The van der Waals surface area contributed by atoms with Crippen molar-refractivity contribution in [1.29, 1.82) is 0 Å². The molecule has 3 atom stereocenters. The average Bonchev–Trinajstić information content (AvgIpc) is 3.25. The molecule has 0 saturated heterocycles. The summed E-state index contributed by atoms with van der Waals surface area (Å²) in [5.74, 6) is -0.401. The monoisotopic (exact) mass is 464 g/mol. The van der Waals surface area contributed by atoms with Crippen molar-refractivity contribution in [3.05, 3.63) is 18.2 Å². The van der Waals surface area contributed by atoms with Crippen molar-refractivity contribution in [2.75, 3.05) is 0 Å². The van der Waals surface area contributed by atoms with Crippen molar-refractivity contribution in [2.45, 2.75) is 109 Å². The van der Waals surface area contributed by atoms with Crippen molar-refractivity contribution in [3.8, 4) is 0 Å². The number of carbonyl (C=O) groups is 3. The minimum Gasteiger partial charge on any atom is -0.444 e. The van der Waals surface area contributed by atoms with E-state index in [-0.39, 0.29) is 18.6 Å². The second-order valence-electron chi connectivity index (χ2n) is 10.00. The normalized spacial score (nSPS) is 17.6. The highest BCUT2D eigenvalue weighted by atomic mass is 16.6. The van der Waals surface area contributed by atoms with Crippen LogP contribution in [0.4, 0.5) is 4.79 Å². The SMILES string of the molecule is CCCC(=O)[C@H](O)[C@H](CC1CCCCC1)NC(=O)[C@H](Cc1cnc[nH]1)NC(=O)OC(C)(C)C. The Balaban J connectivity index is 2.15. The van der Waals surface area contributed by atoms with Crippen LogP contribution in [0.3, 0.4) is 0 Å². The van der Waals surface area contributed by atoms with Gasteiger partial charge in [0, 0.05) is 24.7 Å². The summed E-state index contributed by atoms with van der Waals surface area (Å²) < 4.78 is 5.32. The first-order valence-electron chi connectivity index (χ1n) is 12.1. The Hall–Kier alpha value is -2.42. The van der Waals surface area contributed by atoms with E-state index in [0.717, 1.165) is 25.7 Å². The molecule has 2 amide bonds. The molecule has 0 radical (unpaired) electrons. The molecular formula is C24H40N4O5. The fraction of sp³-hybridized carbons (Fsp3) is 0.750. The molecule has 33 heavy (non-hydrogen) atoms. The van der Waals surface area contributed by atoms with Gasteiger partial charge in [-0.3, -0.25) is 9.59 Å². The molecular weight excluding hydrogens is 424 g/mol. The van der Waals surface area contributed by atoms with Gasteiger partial charge >= 0.3 is 6.09 Å². The van der Waals surface area contributed by atoms with Crippen molar-refractivity contribution in [1.82, 2.24) is 20.6 Å². The molecule has 1 fully saturated rings. The van der Waals surface area contributed by atoms with Gasteiger partial charge in [0.15, 0.2) is 5.78 Å². The maximum atomic E-state index is 13.3. The van der Waals surface area contributed by atoms with Crippen LogP contribution in [0, 0.1) is 5.92 Å². The number of ether oxygens (including phenoxy) is 1. The van der Waals surface area contributed by atoms with Gasteiger partial charge in [-0.1, -0.05) is 39.0 Å². The molecule has 0 unspecified atom stereocenters. The Morgan fingerprint density at radius 1 is 1.21 bits per heavy atom. The van der Waals surface area contributed by atoms with Crippen LogP contribution < -0.4 is 10.6 Å². The number of carbonyl (C=O) groups excluding carboxylic acids is 3. The van der Waals surface area contributed by atoms with Crippen LogP contribution in [0.5, 0.6) is 0 Å². The van der Waals surface area contributed by atoms with Crippen LogP contribution in [0.1, 0.15) is 84.8 Å². The number of aliphatic hydroxyl groups is 1. The third-order valence-corrected chi connectivity index (χ3v) is 5.83. The fourth-order valence-corrected chi connectivity index (χ4v) is 4.23. The Kier molecular flexibility index (Phi) is 10.3. The number of amides is 2. The third kappa shape index (κ3) is 9.53. The van der Waals surface area contributed by atoms with E-state index in [2.05, 4.69) is 20.6 Å². The summed E-state index contributed by atoms with van der Waals surface area (Å²) in [5.41, 5.74) is -0.0524. The Morgan fingerprint density at radius 3 is 2.48 bits per heavy atom. The molecule has 0 spiro atoms. The quantitative estimate of drug-likeness (QED) is 0.398. The maximum Gasteiger partial charge on any atom is 0.408 e. The van der Waals surface area contributed by atoms with Gasteiger partial charge in [-0.15, -0.1) is 0 Å². The lowest BCUT2D eigenvalue weighted by Gasteiger charge is -2.31. The molecule has 9 nitrogen and oxygen atoms in total. The minimum absolute atomic E-state index is 0.167. The van der Waals surface area contributed by atoms with E-state index in [9.17, 15) is 19.5 Å². The average molecular weight is 465 g/mol. The minimum atomic E-state index is -1.27. The number of Topliss-reactive ketones (excluding diaryl/α,β-unsaturated/α-hetero) is 1. The van der Waals surface area contributed by atoms with E-state index < -0.39 is 35.8 Å². The first-order chi connectivity index (χ1) is 15.6. The van der Waals surface area contributed by atoms with Gasteiger partial charge in [0.05, 0.1) is 12.4 Å². The molecule has 1 aliphatic carbocycles. The van der Waals surface area contributed by atoms with Gasteiger partial charge < -0.3 is 25.5 Å². The number of hydrogen-bond donors (Lipinski definition) is 4. The van der Waals surface area contributed by atoms with Crippen molar-refractivity contribution in [2.24, 2.45) is 5.92 Å². The van der Waals surface area contributed by atoms with E-state index in [1.165, 1.54) is 12.7 Å². The number of H-pyrrole nitrogens is 1. The van der Waals surface area contributed by atoms with E-state index in [1.807, 2.05) is 6.92 Å². The standard InChI is InChI=1S/C24H40N4O5/c1-5-9-20(29)21(30)18(12-16-10-7-6-8-11-16)27-22(31)19(13-17-14-25-15-26-17)28-23(32)33-24(2,3)4/h14-16,18-19,21,30H,5-13H2,1-4H3,(H,25,26)(H,27,31)(H,28,32)/t18-,19-,21+/m0/s1. The lowest BCUT2D eigenvalue weighted by Crippen LogP contribution is -2.55. The number of alkyl carbamates (subject to hydrolysis) is 1. The molecule has 1 aliphatic rings. The summed E-state index contributed by atoms with van der Waals surface area (Å²) in [7, 11) is 0. The van der Waals surface area contributed by atoms with Gasteiger partial charge in [0.1, 0.15) is 17.7 Å². The summed E-state index contributed by atoms with van der Waals surface area (Å²) in [6.45, 7) is 7.11. The van der Waals surface area contributed by atoms with Gasteiger partial charge in [-0.05, 0) is 39.5 Å². The number of aliphatic hydroxyl groups excluding tert-OH is 1. The van der Waals surface area contributed by atoms with E-state index >= 15 is 0 Å². The van der Waals surface area contributed by atoms with Crippen LogP contribution in [0.2, 0.25) is 0 Å². The molecule has 1 heterocycles. The number of aromatic nitrogens is 2. The number of rotatable bonds is 11. The van der Waals surface area contributed by atoms with Crippen molar-refractivity contribution in [3.63, 3.8) is 0 Å². The summed E-state index contributed by atoms with van der Waals surface area (Å²) in [4.78, 5) is 45.0. The predicted molar refractivity (Wildman–Crippen MR) is 124 cm³/mol. The van der Waals surface area contributed by atoms with Gasteiger partial charge in [-0.25, -0.2) is 9.78 Å². The number of nitrogens with one attached hydrogen (secondary N) is 3. The highest BCUT2D eigenvalue weighted by Crippen LogP contribution is 2.28. The third-order valence-electron chi connectivity index (χ3n) is 5.83. The Labute approximate surface area is 196 Å². The second kappa shape index (κ2) is 12.7. The molecule has 1 aromatic heterocycles. The molecule has 9 heteroatoms. The van der Waals surface area contributed by atoms with E-state index in [1.54, 1.807) is 27.0 Å². The zero-order valence-corrected chi connectivity index (χ0v) is 20.4. The van der Waals surface area contributed by atoms with Gasteiger partial charge in [0.2, 0.25) is 5.91 Å². The van der Waals surface area contributed by atoms with Gasteiger partial charge in [-0.2, -0.15) is 0 Å². The van der Waals surface area contributed by atoms with Crippen molar-refractivity contribution < 1.29 is 24.2 Å². The largest absolute Gasteiger partial charge is 0.444 e. The number of ketones is 1. The highest BCUT2D eigenvalue weighted by Gasteiger charge is 2.33. The Bertz CT molecular complexity index is 753. The number of aromatic amines is 1. The molecule has 2 rings (SSSR count). The van der Waals surface area contributed by atoms with Crippen LogP contribution in [0.15, 0.2) is 12.5 Å². The molecule has 4 N–H and O–H groups in total. The first kappa shape index (κ1) is 26.8. The molecule has 0 aromatic carbocycles. The van der Waals surface area contributed by atoms with Crippen LogP contribution in [0.25, 0.3) is 0 Å². The molecule has 1 aromatic rings. The summed E-state index contributed by atoms with van der Waals surface area (Å²) in [6.07, 6.45) is 8.15. The van der Waals surface area contributed by atoms with Gasteiger partial charge in [0.25, 0.3) is 0 Å². The van der Waals surface area contributed by atoms with Crippen LogP contribution in [-0.4, -0.2) is 56.6 Å². The van der Waals surface area contributed by atoms with Crippen LogP contribution in [-0.2, 0) is 20.7 Å². The molecule has 1 saturated carbocycles. The smallest absolute Gasteiger partial charge is 0.408 e. The Morgan fingerprint density at radius 2 is 1.91 bits per heavy atom. The molecule has 0 bridgehead atoms. The zero-order valence-electron chi connectivity index (χ0n) is 20.4. The maximum absolute atomic E-state index is 13.3. The number of imidazole rings is 1. The predicted octanol–water partition coefficient (Wildman–Crippen LogP) is 3.03. The number of nitrogens with zero attached hydrogens (tertiary/aromatic N) is 1.